The van der Waals surface area contributed by atoms with Gasteiger partial charge in [0.05, 0.1) is 7.11 Å². The minimum absolute atomic E-state index is 0.0389. The Morgan fingerprint density at radius 1 is 1.33 bits per heavy atom. The second-order valence-electron chi connectivity index (χ2n) is 3.81. The monoisotopic (exact) mass is 213 g/mol. The molecule has 15 heavy (non-hydrogen) atoms. The fourth-order valence-corrected chi connectivity index (χ4v) is 1.69. The minimum atomic E-state index is -0.499. The molecular weight excluding hydrogens is 200 g/mol. The Hall–Kier alpha value is -1.16. The van der Waals surface area contributed by atoms with E-state index in [1.165, 1.54) is 13.2 Å². The Kier molecular flexibility index (Phi) is 2.86. The molecule has 1 aliphatic rings. The molecule has 0 unspecified atom stereocenters. The average molecular weight is 213 g/mol. The van der Waals surface area contributed by atoms with E-state index in [2.05, 4.69) is 5.32 Å². The van der Waals surface area contributed by atoms with Crippen LogP contribution in [0.1, 0.15) is 5.56 Å². The molecule has 82 valence electrons. The van der Waals surface area contributed by atoms with E-state index < -0.39 is 5.82 Å². The number of nitrogens with one attached hydrogen (secondary N) is 1. The van der Waals surface area contributed by atoms with E-state index in [4.69, 9.17) is 4.74 Å². The van der Waals surface area contributed by atoms with Crippen molar-refractivity contribution in [3.8, 4) is 5.75 Å². The zero-order valence-corrected chi connectivity index (χ0v) is 8.52. The SMILES string of the molecule is COc1cc(F)c(CC2CNC2)cc1F. The van der Waals surface area contributed by atoms with Crippen molar-refractivity contribution >= 4 is 0 Å². The second kappa shape index (κ2) is 4.14. The van der Waals surface area contributed by atoms with Crippen molar-refractivity contribution in [1.29, 1.82) is 0 Å². The maximum atomic E-state index is 13.5. The van der Waals surface area contributed by atoms with E-state index in [0.717, 1.165) is 19.2 Å². The molecule has 1 N–H and O–H groups in total. The summed E-state index contributed by atoms with van der Waals surface area (Å²) in [7, 11) is 1.33. The number of ether oxygens (including phenoxy) is 1. The summed E-state index contributed by atoms with van der Waals surface area (Å²) in [4.78, 5) is 0. The van der Waals surface area contributed by atoms with Crippen LogP contribution in [-0.4, -0.2) is 20.2 Å². The highest BCUT2D eigenvalue weighted by Crippen LogP contribution is 2.23. The Labute approximate surface area is 87.2 Å². The lowest BCUT2D eigenvalue weighted by Crippen LogP contribution is -2.43. The Morgan fingerprint density at radius 3 is 2.60 bits per heavy atom. The third-order valence-corrected chi connectivity index (χ3v) is 2.70. The van der Waals surface area contributed by atoms with E-state index >= 15 is 0 Å². The van der Waals surface area contributed by atoms with Gasteiger partial charge in [-0.1, -0.05) is 0 Å². The molecule has 0 aromatic heterocycles. The van der Waals surface area contributed by atoms with E-state index in [9.17, 15) is 8.78 Å². The lowest BCUT2D eigenvalue weighted by Gasteiger charge is -2.27. The summed E-state index contributed by atoms with van der Waals surface area (Å²) in [6.45, 7) is 1.76. The van der Waals surface area contributed by atoms with Crippen LogP contribution in [0, 0.1) is 17.6 Å². The van der Waals surface area contributed by atoms with Gasteiger partial charge in [0.1, 0.15) is 5.82 Å². The standard InChI is InChI=1S/C11H13F2NO/c1-15-11-4-9(12)8(3-10(11)13)2-7-5-14-6-7/h3-4,7,14H,2,5-6H2,1H3. The molecule has 0 radical (unpaired) electrons. The van der Waals surface area contributed by atoms with Crippen molar-refractivity contribution < 1.29 is 13.5 Å². The van der Waals surface area contributed by atoms with Gasteiger partial charge in [-0.15, -0.1) is 0 Å². The fraction of sp³-hybridized carbons (Fsp3) is 0.455. The quantitative estimate of drug-likeness (QED) is 0.825. The molecule has 0 spiro atoms. The van der Waals surface area contributed by atoms with Crippen molar-refractivity contribution in [3.05, 3.63) is 29.3 Å². The molecule has 0 atom stereocenters. The third kappa shape index (κ3) is 2.09. The third-order valence-electron chi connectivity index (χ3n) is 2.70. The van der Waals surface area contributed by atoms with Crippen LogP contribution in [-0.2, 0) is 6.42 Å². The molecule has 4 heteroatoms. The van der Waals surface area contributed by atoms with Gasteiger partial charge in [0, 0.05) is 6.07 Å². The topological polar surface area (TPSA) is 21.3 Å². The van der Waals surface area contributed by atoms with Gasteiger partial charge in [-0.2, -0.15) is 0 Å². The van der Waals surface area contributed by atoms with Crippen LogP contribution in [0.5, 0.6) is 5.75 Å². The molecule has 0 amide bonds. The van der Waals surface area contributed by atoms with Crippen LogP contribution >= 0.6 is 0 Å². The van der Waals surface area contributed by atoms with Crippen LogP contribution in [0.15, 0.2) is 12.1 Å². The molecule has 0 saturated carbocycles. The van der Waals surface area contributed by atoms with Crippen LogP contribution in [0.3, 0.4) is 0 Å². The molecule has 1 fully saturated rings. The van der Waals surface area contributed by atoms with Gasteiger partial charge in [0.25, 0.3) is 0 Å². The molecule has 1 aromatic carbocycles. The molecule has 2 rings (SSSR count). The normalized spacial score (nSPS) is 16.2. The Bertz CT molecular complexity index is 364. The number of benzene rings is 1. The largest absolute Gasteiger partial charge is 0.494 e. The van der Waals surface area contributed by atoms with Crippen molar-refractivity contribution in [1.82, 2.24) is 5.32 Å². The number of rotatable bonds is 3. The number of hydrogen-bond donors (Lipinski definition) is 1. The summed E-state index contributed by atoms with van der Waals surface area (Å²) < 4.78 is 31.5. The summed E-state index contributed by atoms with van der Waals surface area (Å²) in [6.07, 6.45) is 0.583. The highest BCUT2D eigenvalue weighted by molar-refractivity contribution is 5.31. The molecule has 0 bridgehead atoms. The van der Waals surface area contributed by atoms with E-state index in [0.29, 0.717) is 17.9 Å². The molecule has 0 aliphatic carbocycles. The maximum Gasteiger partial charge on any atom is 0.165 e. The fourth-order valence-electron chi connectivity index (χ4n) is 1.69. The van der Waals surface area contributed by atoms with E-state index in [1.807, 2.05) is 0 Å². The van der Waals surface area contributed by atoms with Gasteiger partial charge in [-0.25, -0.2) is 8.78 Å². The van der Waals surface area contributed by atoms with Gasteiger partial charge in [0.2, 0.25) is 0 Å². The number of methoxy groups -OCH3 is 1. The van der Waals surface area contributed by atoms with Crippen molar-refractivity contribution in [2.24, 2.45) is 5.92 Å². The van der Waals surface area contributed by atoms with Crippen molar-refractivity contribution in [3.63, 3.8) is 0 Å². The average Bonchev–Trinajstić information content (AvgIpc) is 2.16. The smallest absolute Gasteiger partial charge is 0.165 e. The zero-order valence-electron chi connectivity index (χ0n) is 8.52. The minimum Gasteiger partial charge on any atom is -0.494 e. The zero-order chi connectivity index (χ0) is 10.8. The first-order valence-electron chi connectivity index (χ1n) is 4.93. The highest BCUT2D eigenvalue weighted by atomic mass is 19.1. The van der Waals surface area contributed by atoms with Crippen molar-refractivity contribution in [2.45, 2.75) is 6.42 Å². The van der Waals surface area contributed by atoms with Crippen LogP contribution in [0.4, 0.5) is 8.78 Å². The lowest BCUT2D eigenvalue weighted by molar-refractivity contribution is 0.340. The summed E-state index contributed by atoms with van der Waals surface area (Å²) in [5, 5.41) is 3.10. The highest BCUT2D eigenvalue weighted by Gasteiger charge is 2.20. The summed E-state index contributed by atoms with van der Waals surface area (Å²) in [5.41, 5.74) is 0.430. The van der Waals surface area contributed by atoms with E-state index in [-0.39, 0.29) is 11.6 Å². The first-order valence-corrected chi connectivity index (χ1v) is 4.93. The molecular formula is C11H13F2NO. The first kappa shape index (κ1) is 10.4. The van der Waals surface area contributed by atoms with Gasteiger partial charge < -0.3 is 10.1 Å². The van der Waals surface area contributed by atoms with Crippen molar-refractivity contribution in [2.75, 3.05) is 20.2 Å². The summed E-state index contributed by atoms with van der Waals surface area (Å²) in [5.74, 6) is -0.503. The molecule has 1 heterocycles. The van der Waals surface area contributed by atoms with Gasteiger partial charge in [0.15, 0.2) is 11.6 Å². The molecule has 1 aromatic rings. The van der Waals surface area contributed by atoms with Crippen LogP contribution in [0.25, 0.3) is 0 Å². The molecule has 1 saturated heterocycles. The van der Waals surface area contributed by atoms with Crippen LogP contribution in [0.2, 0.25) is 0 Å². The number of halogens is 2. The number of hydrogen-bond acceptors (Lipinski definition) is 2. The predicted molar refractivity (Wildman–Crippen MR) is 53.0 cm³/mol. The predicted octanol–water partition coefficient (Wildman–Crippen LogP) is 1.74. The van der Waals surface area contributed by atoms with E-state index in [1.54, 1.807) is 0 Å². The Balaban J connectivity index is 2.19. The van der Waals surface area contributed by atoms with Gasteiger partial charge >= 0.3 is 0 Å². The van der Waals surface area contributed by atoms with Gasteiger partial charge in [-0.3, -0.25) is 0 Å². The second-order valence-corrected chi connectivity index (χ2v) is 3.81. The van der Waals surface area contributed by atoms with Crippen LogP contribution < -0.4 is 10.1 Å². The summed E-state index contributed by atoms with van der Waals surface area (Å²) in [6, 6.07) is 2.34. The first-order chi connectivity index (χ1) is 7.20. The Morgan fingerprint density at radius 2 is 2.07 bits per heavy atom. The lowest BCUT2D eigenvalue weighted by atomic mass is 9.94. The summed E-state index contributed by atoms with van der Waals surface area (Å²) >= 11 is 0. The molecule has 1 aliphatic heterocycles. The van der Waals surface area contributed by atoms with Gasteiger partial charge in [-0.05, 0) is 37.1 Å². The molecule has 2 nitrogen and oxygen atoms in total. The maximum absolute atomic E-state index is 13.5.